The monoisotopic (exact) mass is 432 g/mol. The van der Waals surface area contributed by atoms with Gasteiger partial charge in [0.25, 0.3) is 0 Å². The minimum Gasteiger partial charge on any atom is -0.377 e. The van der Waals surface area contributed by atoms with Gasteiger partial charge in [0.1, 0.15) is 0 Å². The Kier molecular flexibility index (Phi) is 11.2. The molecule has 0 heterocycles. The van der Waals surface area contributed by atoms with E-state index in [0.717, 1.165) is 0 Å². The Hall–Kier alpha value is -1.23. The maximum absolute atomic E-state index is 9.60. The van der Waals surface area contributed by atoms with Crippen LogP contribution in [0, 0.1) is 22.7 Å². The van der Waals surface area contributed by atoms with Crippen LogP contribution in [0.3, 0.4) is 0 Å². The van der Waals surface area contributed by atoms with E-state index in [2.05, 4.69) is 22.4 Å². The molecular weight excluding hydrogens is 400 g/mol. The fourth-order valence-corrected chi connectivity index (χ4v) is 6.19. The summed E-state index contributed by atoms with van der Waals surface area (Å²) in [5, 5.41) is 27.6. The fraction of sp³-hybridized carbons (Fsp3) is 0.875. The second-order valence-corrected chi connectivity index (χ2v) is 12.7. The molecule has 0 spiro atoms. The third-order valence-corrected chi connectivity index (χ3v) is 10.1. The molecule has 0 N–H and O–H groups in total. The van der Waals surface area contributed by atoms with E-state index in [-0.39, 0.29) is 0 Å². The van der Waals surface area contributed by atoms with E-state index in [9.17, 15) is 10.5 Å². The number of hydrogen-bond donors (Lipinski definition) is 0. The topological polar surface area (TPSA) is 128 Å². The molecule has 0 fully saturated rings. The lowest BCUT2D eigenvalue weighted by Crippen LogP contribution is -2.44. The second kappa shape index (κ2) is 11.7. The highest BCUT2D eigenvalue weighted by atomic mass is 28.4. The summed E-state index contributed by atoms with van der Waals surface area (Å²) in [6, 6.07) is 5.06. The lowest BCUT2D eigenvalue weighted by molar-refractivity contribution is 0.120. The Morgan fingerprint density at radius 2 is 0.893 bits per heavy atom. The number of nitrogens with zero attached hydrogens (tertiary/aromatic N) is 4. The van der Waals surface area contributed by atoms with Gasteiger partial charge in [0.05, 0.1) is 12.1 Å². The minimum atomic E-state index is -2.84. The number of rotatable bonds is 14. The summed E-state index contributed by atoms with van der Waals surface area (Å²) >= 11 is 0. The zero-order valence-electron chi connectivity index (χ0n) is 18.1. The van der Waals surface area contributed by atoms with Crippen molar-refractivity contribution in [2.45, 2.75) is 49.9 Å². The molecule has 0 radical (unpaired) electrons. The van der Waals surface area contributed by atoms with Gasteiger partial charge in [0, 0.05) is 54.7 Å². The van der Waals surface area contributed by atoms with Crippen LogP contribution in [-0.2, 0) is 26.6 Å². The van der Waals surface area contributed by atoms with Gasteiger partial charge in [-0.15, -0.1) is 0 Å². The Morgan fingerprint density at radius 3 is 1.07 bits per heavy atom. The Morgan fingerprint density at radius 1 is 0.643 bits per heavy atom. The van der Waals surface area contributed by atoms with Gasteiger partial charge < -0.3 is 26.6 Å². The number of nitriles is 2. The molecule has 0 saturated carbocycles. The van der Waals surface area contributed by atoms with Gasteiger partial charge in [-0.2, -0.15) is 20.8 Å². The van der Waals surface area contributed by atoms with Crippen LogP contribution in [0.2, 0.25) is 12.1 Å². The first-order valence-electron chi connectivity index (χ1n) is 8.68. The van der Waals surface area contributed by atoms with Crippen molar-refractivity contribution in [1.29, 1.82) is 10.5 Å². The number of hydrogen-bond acceptors (Lipinski definition) is 10. The van der Waals surface area contributed by atoms with Crippen LogP contribution in [-0.4, -0.2) is 71.3 Å². The lowest BCUT2D eigenvalue weighted by atomic mass is 10.0. The van der Waals surface area contributed by atoms with Gasteiger partial charge in [0.15, 0.2) is 11.1 Å². The van der Waals surface area contributed by atoms with E-state index in [1.807, 2.05) is 0 Å². The summed E-state index contributed by atoms with van der Waals surface area (Å²) in [6.45, 7) is 3.29. The van der Waals surface area contributed by atoms with Gasteiger partial charge >= 0.3 is 17.6 Å². The summed E-state index contributed by atoms with van der Waals surface area (Å²) in [5.74, 6) is 0. The van der Waals surface area contributed by atoms with Crippen LogP contribution in [0.25, 0.3) is 0 Å². The van der Waals surface area contributed by atoms with Crippen LogP contribution in [0.1, 0.15) is 26.7 Å². The van der Waals surface area contributed by atoms with Crippen molar-refractivity contribution in [2.75, 3.05) is 42.7 Å². The van der Waals surface area contributed by atoms with Crippen LogP contribution in [0.15, 0.2) is 10.2 Å². The zero-order valence-corrected chi connectivity index (χ0v) is 20.1. The smallest absolute Gasteiger partial charge is 0.377 e. The molecule has 0 aromatic heterocycles. The molecule has 28 heavy (non-hydrogen) atoms. The summed E-state index contributed by atoms with van der Waals surface area (Å²) in [7, 11) is 3.37. The molecule has 0 aliphatic carbocycles. The molecule has 0 aliphatic heterocycles. The van der Waals surface area contributed by atoms with Crippen LogP contribution < -0.4 is 0 Å². The first-order valence-corrected chi connectivity index (χ1v) is 12.5. The highest BCUT2D eigenvalue weighted by molar-refractivity contribution is 6.60. The van der Waals surface area contributed by atoms with Gasteiger partial charge in [-0.05, 0) is 26.7 Å². The molecule has 0 bridgehead atoms. The maximum atomic E-state index is 9.60. The summed E-state index contributed by atoms with van der Waals surface area (Å²) in [5.41, 5.74) is -2.30. The second-order valence-electron chi connectivity index (χ2n) is 6.56. The summed E-state index contributed by atoms with van der Waals surface area (Å²) in [4.78, 5) is 0. The number of azo groups is 1. The van der Waals surface area contributed by atoms with E-state index >= 15 is 0 Å². The first-order chi connectivity index (χ1) is 13.1. The van der Waals surface area contributed by atoms with E-state index in [4.69, 9.17) is 26.6 Å². The van der Waals surface area contributed by atoms with E-state index in [1.54, 1.807) is 13.8 Å². The molecule has 0 aliphatic rings. The fourth-order valence-electron chi connectivity index (χ4n) is 2.38. The molecule has 0 aromatic carbocycles. The predicted octanol–water partition coefficient (Wildman–Crippen LogP) is 2.54. The molecule has 2 atom stereocenters. The van der Waals surface area contributed by atoms with Crippen molar-refractivity contribution < 1.29 is 26.6 Å². The summed E-state index contributed by atoms with van der Waals surface area (Å²) in [6.07, 6.45) is 0.617. The molecule has 0 saturated heterocycles. The van der Waals surface area contributed by atoms with Crippen molar-refractivity contribution >= 4 is 17.6 Å². The Bertz CT molecular complexity index is 522. The molecule has 160 valence electrons. The Balaban J connectivity index is 5.32. The minimum absolute atomic E-state index is 0.309. The molecule has 12 heteroatoms. The third-order valence-electron chi connectivity index (χ3n) is 4.68. The van der Waals surface area contributed by atoms with E-state index < -0.39 is 28.7 Å². The van der Waals surface area contributed by atoms with Crippen LogP contribution in [0.4, 0.5) is 0 Å². The van der Waals surface area contributed by atoms with Crippen molar-refractivity contribution in [3.63, 3.8) is 0 Å². The van der Waals surface area contributed by atoms with Gasteiger partial charge in [-0.25, -0.2) is 0 Å². The molecular formula is C16H32N4O6Si2. The van der Waals surface area contributed by atoms with Gasteiger partial charge in [0.2, 0.25) is 0 Å². The van der Waals surface area contributed by atoms with Crippen molar-refractivity contribution in [3.8, 4) is 12.1 Å². The lowest BCUT2D eigenvalue weighted by Gasteiger charge is -2.28. The standard InChI is InChI=1S/C16H32N4O6Si2/c1-15(13-17,9-11-27(21-3,22-4)23-5)19-20-16(2,14-18)10-12-28(24-6,25-7)26-8/h9-12H2,1-8H3/b20-19+. The van der Waals surface area contributed by atoms with Gasteiger partial charge in [-0.1, -0.05) is 0 Å². The normalized spacial score (nSPS) is 16.9. The highest BCUT2D eigenvalue weighted by Crippen LogP contribution is 2.28. The highest BCUT2D eigenvalue weighted by Gasteiger charge is 2.42. The predicted molar refractivity (Wildman–Crippen MR) is 105 cm³/mol. The van der Waals surface area contributed by atoms with Crippen molar-refractivity contribution in [2.24, 2.45) is 10.2 Å². The van der Waals surface area contributed by atoms with Crippen LogP contribution >= 0.6 is 0 Å². The van der Waals surface area contributed by atoms with Crippen molar-refractivity contribution in [1.82, 2.24) is 0 Å². The Labute approximate surface area is 170 Å². The van der Waals surface area contributed by atoms with Crippen molar-refractivity contribution in [3.05, 3.63) is 0 Å². The van der Waals surface area contributed by atoms with Gasteiger partial charge in [-0.3, -0.25) is 0 Å². The average Bonchev–Trinajstić information content (AvgIpc) is 2.75. The maximum Gasteiger partial charge on any atom is 0.500 e. The quantitative estimate of drug-likeness (QED) is 0.302. The zero-order chi connectivity index (χ0) is 21.9. The third kappa shape index (κ3) is 7.31. The molecule has 0 rings (SSSR count). The van der Waals surface area contributed by atoms with E-state index in [1.165, 1.54) is 42.7 Å². The molecule has 0 aromatic rings. The first kappa shape index (κ1) is 26.8. The molecule has 0 amide bonds. The molecule has 10 nitrogen and oxygen atoms in total. The molecule has 2 unspecified atom stereocenters. The van der Waals surface area contributed by atoms with E-state index in [0.29, 0.717) is 24.9 Å². The SMILES string of the molecule is CO[Si](CCC(C)(C#N)/N=N/C(C)(C#N)CC[Si](OC)(OC)OC)(OC)OC. The van der Waals surface area contributed by atoms with Crippen LogP contribution in [0.5, 0.6) is 0 Å². The summed E-state index contributed by atoms with van der Waals surface area (Å²) < 4.78 is 32.3. The largest absolute Gasteiger partial charge is 0.500 e. The average molecular weight is 433 g/mol.